The molecule has 0 aliphatic carbocycles. The van der Waals surface area contributed by atoms with E-state index >= 15 is 0 Å². The van der Waals surface area contributed by atoms with Gasteiger partial charge in [0.15, 0.2) is 0 Å². The fourth-order valence-electron chi connectivity index (χ4n) is 10.4. The molecule has 0 saturated heterocycles. The monoisotopic (exact) mass is 966 g/mol. The largest absolute Gasteiger partial charge is 0.0622 e. The van der Waals surface area contributed by atoms with Crippen LogP contribution in [0.25, 0.3) is 100 Å². The Bertz CT molecular complexity index is 3200. The summed E-state index contributed by atoms with van der Waals surface area (Å²) in [7, 11) is 0. The minimum absolute atomic E-state index is 1.10. The molecule has 12 aromatic rings. The minimum atomic E-state index is 1.10. The average molecular weight is 967 g/mol. The van der Waals surface area contributed by atoms with Crippen LogP contribution < -0.4 is 0 Å². The van der Waals surface area contributed by atoms with E-state index in [2.05, 4.69) is 328 Å². The van der Waals surface area contributed by atoms with Gasteiger partial charge in [-0.15, -0.1) is 0 Å². The van der Waals surface area contributed by atoms with Gasteiger partial charge in [0.2, 0.25) is 0 Å². The lowest BCUT2D eigenvalue weighted by molar-refractivity contribution is 1.50. The molecule has 0 fully saturated rings. The quantitative estimate of drug-likeness (QED) is 0.101. The summed E-state index contributed by atoms with van der Waals surface area (Å²) in [6, 6.07) is 115. The summed E-state index contributed by atoms with van der Waals surface area (Å²) >= 11 is 0. The van der Waals surface area contributed by atoms with Gasteiger partial charge in [-0.2, -0.15) is 0 Å². The molecule has 0 unspecified atom stereocenters. The molecule has 12 rings (SSSR count). The fourth-order valence-corrected chi connectivity index (χ4v) is 10.4. The maximum absolute atomic E-state index is 2.39. The Hall–Kier alpha value is -9.88. The van der Waals surface area contributed by atoms with E-state index in [9.17, 15) is 0 Å². The Balaban J connectivity index is 1.19. The number of benzene rings is 12. The number of hydrogen-bond donors (Lipinski definition) is 0. The summed E-state index contributed by atoms with van der Waals surface area (Å²) < 4.78 is 0. The number of rotatable bonds is 13. The average Bonchev–Trinajstić information content (AvgIpc) is 3.53. The van der Waals surface area contributed by atoms with E-state index in [0.717, 1.165) is 122 Å². The molecule has 12 aromatic carbocycles. The van der Waals surface area contributed by atoms with Crippen LogP contribution in [0.3, 0.4) is 0 Å². The van der Waals surface area contributed by atoms with Crippen molar-refractivity contribution < 1.29 is 0 Å². The lowest BCUT2D eigenvalue weighted by Gasteiger charge is -2.18. The van der Waals surface area contributed by atoms with Crippen molar-refractivity contribution in [2.24, 2.45) is 0 Å². The van der Waals surface area contributed by atoms with Crippen LogP contribution in [0.15, 0.2) is 328 Å². The highest BCUT2D eigenvalue weighted by Gasteiger charge is 2.18. The van der Waals surface area contributed by atoms with E-state index in [-0.39, 0.29) is 0 Å². The Morgan fingerprint density at radius 2 is 0.276 bits per heavy atom. The van der Waals surface area contributed by atoms with Crippen LogP contribution in [-0.2, 0) is 0 Å². The van der Waals surface area contributed by atoms with Crippen molar-refractivity contribution in [3.8, 4) is 89.0 Å². The number of hydrogen-bond acceptors (Lipinski definition) is 0. The number of allylic oxidation sites excluding steroid dienone is 2. The van der Waals surface area contributed by atoms with Crippen molar-refractivity contribution in [2.45, 2.75) is 0 Å². The van der Waals surface area contributed by atoms with Crippen molar-refractivity contribution in [3.05, 3.63) is 350 Å². The van der Waals surface area contributed by atoms with Gasteiger partial charge in [0, 0.05) is 0 Å². The van der Waals surface area contributed by atoms with E-state index in [1.807, 2.05) is 0 Å². The van der Waals surface area contributed by atoms with Crippen molar-refractivity contribution in [1.82, 2.24) is 0 Å². The summed E-state index contributed by atoms with van der Waals surface area (Å²) in [5.41, 5.74) is 25.2. The van der Waals surface area contributed by atoms with Gasteiger partial charge in [-0.05, 0) is 195 Å². The molecule has 358 valence electrons. The zero-order valence-electron chi connectivity index (χ0n) is 42.2. The molecule has 0 atom stereocenters. The second kappa shape index (κ2) is 22.1. The van der Waals surface area contributed by atoms with Gasteiger partial charge in [0.05, 0.1) is 0 Å². The Morgan fingerprint density at radius 1 is 0.145 bits per heavy atom. The van der Waals surface area contributed by atoms with Crippen molar-refractivity contribution >= 4 is 11.1 Å². The van der Waals surface area contributed by atoms with Crippen LogP contribution in [0, 0.1) is 0 Å². The molecule has 0 radical (unpaired) electrons. The third-order valence-corrected chi connectivity index (χ3v) is 14.2. The molecule has 0 nitrogen and oxygen atoms in total. The second-order valence-corrected chi connectivity index (χ2v) is 19.3. The highest BCUT2D eigenvalue weighted by molar-refractivity contribution is 5.94. The first-order valence-corrected chi connectivity index (χ1v) is 26.1. The molecule has 0 heteroatoms. The Labute approximate surface area is 447 Å². The molecule has 0 bridgehead atoms. The van der Waals surface area contributed by atoms with Crippen LogP contribution in [0.1, 0.15) is 22.3 Å². The summed E-state index contributed by atoms with van der Waals surface area (Å²) in [5.74, 6) is 0. The molecule has 0 aliphatic heterocycles. The van der Waals surface area contributed by atoms with Crippen molar-refractivity contribution in [1.29, 1.82) is 0 Å². The summed E-state index contributed by atoms with van der Waals surface area (Å²) in [5, 5.41) is 0. The van der Waals surface area contributed by atoms with Gasteiger partial charge in [0.1, 0.15) is 0 Å². The van der Waals surface area contributed by atoms with Crippen molar-refractivity contribution in [3.63, 3.8) is 0 Å². The SMILES string of the molecule is C(C=C(c1cc(-c2ccccc2)cc(-c2ccccc2)c1)c1cc(-c2ccccc2)cc(-c2ccccc2)c1)=C(c1cc(-c2ccccc2)cc(-c2ccccc2)c1)c1cc(-c2ccccc2)cc(-c2ccccc2)c1. The zero-order chi connectivity index (χ0) is 50.9. The third kappa shape index (κ3) is 10.6. The summed E-state index contributed by atoms with van der Waals surface area (Å²) in [6.07, 6.45) is 4.78. The first kappa shape index (κ1) is 47.1. The van der Waals surface area contributed by atoms with E-state index < -0.39 is 0 Å². The summed E-state index contributed by atoms with van der Waals surface area (Å²) in [4.78, 5) is 0. The van der Waals surface area contributed by atoms with Gasteiger partial charge in [-0.1, -0.05) is 255 Å². The van der Waals surface area contributed by atoms with Crippen LogP contribution in [0.4, 0.5) is 0 Å². The molecular weight excluding hydrogens is 913 g/mol. The van der Waals surface area contributed by atoms with Crippen molar-refractivity contribution in [2.75, 3.05) is 0 Å². The first-order chi connectivity index (χ1) is 37.6. The lowest BCUT2D eigenvalue weighted by atomic mass is 9.86. The van der Waals surface area contributed by atoms with Gasteiger partial charge in [-0.25, -0.2) is 0 Å². The van der Waals surface area contributed by atoms with Crippen LogP contribution in [0.5, 0.6) is 0 Å². The normalized spacial score (nSPS) is 10.9. The molecule has 0 aromatic heterocycles. The predicted octanol–water partition coefficient (Wildman–Crippen LogP) is 20.6. The molecule has 0 N–H and O–H groups in total. The molecule has 0 saturated carbocycles. The van der Waals surface area contributed by atoms with E-state index in [0.29, 0.717) is 0 Å². The third-order valence-electron chi connectivity index (χ3n) is 14.2. The van der Waals surface area contributed by atoms with E-state index in [4.69, 9.17) is 0 Å². The van der Waals surface area contributed by atoms with E-state index in [1.165, 1.54) is 0 Å². The van der Waals surface area contributed by atoms with Gasteiger partial charge in [0.25, 0.3) is 0 Å². The molecule has 0 amide bonds. The smallest absolute Gasteiger partial charge is 0.0110 e. The second-order valence-electron chi connectivity index (χ2n) is 19.3. The fraction of sp³-hybridized carbons (Fsp3) is 0. The minimum Gasteiger partial charge on any atom is -0.0622 e. The summed E-state index contributed by atoms with van der Waals surface area (Å²) in [6.45, 7) is 0. The molecular formula is C76H54. The maximum atomic E-state index is 2.39. The lowest BCUT2D eigenvalue weighted by Crippen LogP contribution is -1.96. The van der Waals surface area contributed by atoms with Crippen LogP contribution >= 0.6 is 0 Å². The highest BCUT2D eigenvalue weighted by Crippen LogP contribution is 2.41. The topological polar surface area (TPSA) is 0 Å². The standard InChI is InChI=1S/C76H54/c1-9-25-55(26-10-1)63-43-64(56-27-11-2-12-28-56)48-71(47-63)75(72-49-65(57-29-13-3-14-30-57)44-66(50-72)58-31-15-4-16-32-58)41-42-76(73-51-67(59-33-17-5-18-34-59)45-68(52-73)60-35-19-6-20-36-60)74-53-69(61-37-21-7-22-38-61)46-70(54-74)62-39-23-8-24-40-62/h1-54H. The van der Waals surface area contributed by atoms with Crippen LogP contribution in [0.2, 0.25) is 0 Å². The van der Waals surface area contributed by atoms with Gasteiger partial charge in [-0.3, -0.25) is 0 Å². The first-order valence-electron chi connectivity index (χ1n) is 26.1. The predicted molar refractivity (Wildman–Crippen MR) is 323 cm³/mol. The Morgan fingerprint density at radius 3 is 0.408 bits per heavy atom. The maximum Gasteiger partial charge on any atom is -0.0110 e. The van der Waals surface area contributed by atoms with Crippen LogP contribution in [-0.4, -0.2) is 0 Å². The Kier molecular flexibility index (Phi) is 13.7. The molecule has 0 aliphatic rings. The van der Waals surface area contributed by atoms with E-state index in [1.54, 1.807) is 0 Å². The molecule has 0 heterocycles. The molecule has 76 heavy (non-hydrogen) atoms. The zero-order valence-corrected chi connectivity index (χ0v) is 42.2. The molecule has 0 spiro atoms. The van der Waals surface area contributed by atoms with Gasteiger partial charge >= 0.3 is 0 Å². The highest BCUT2D eigenvalue weighted by atomic mass is 14.2. The van der Waals surface area contributed by atoms with Gasteiger partial charge < -0.3 is 0 Å².